The SMILES string of the molecule is CCc1cc(OCc2cccc(Cl)c2Cl)c(C(=O)O)s1. The lowest BCUT2D eigenvalue weighted by molar-refractivity contribution is 0.0697. The fraction of sp³-hybridized carbons (Fsp3) is 0.214. The molecular formula is C14H12Cl2O3S. The molecule has 0 aliphatic rings. The summed E-state index contributed by atoms with van der Waals surface area (Å²) in [4.78, 5) is 12.3. The van der Waals surface area contributed by atoms with Gasteiger partial charge in [0.15, 0.2) is 4.88 Å². The van der Waals surface area contributed by atoms with Gasteiger partial charge in [-0.3, -0.25) is 0 Å². The molecular weight excluding hydrogens is 319 g/mol. The van der Waals surface area contributed by atoms with Gasteiger partial charge < -0.3 is 9.84 Å². The minimum Gasteiger partial charge on any atom is -0.487 e. The van der Waals surface area contributed by atoms with E-state index >= 15 is 0 Å². The first-order valence-electron chi connectivity index (χ1n) is 5.94. The number of aryl methyl sites for hydroxylation is 1. The van der Waals surface area contributed by atoms with Crippen LogP contribution in [0.4, 0.5) is 0 Å². The highest BCUT2D eigenvalue weighted by molar-refractivity contribution is 7.14. The van der Waals surface area contributed by atoms with E-state index in [0.717, 1.165) is 16.9 Å². The van der Waals surface area contributed by atoms with Crippen LogP contribution in [0.25, 0.3) is 0 Å². The first-order valence-corrected chi connectivity index (χ1v) is 7.51. The molecule has 0 bridgehead atoms. The molecule has 0 radical (unpaired) electrons. The van der Waals surface area contributed by atoms with Crippen molar-refractivity contribution < 1.29 is 14.6 Å². The van der Waals surface area contributed by atoms with Crippen molar-refractivity contribution in [1.29, 1.82) is 0 Å². The molecule has 1 heterocycles. The summed E-state index contributed by atoms with van der Waals surface area (Å²) in [5, 5.41) is 10.0. The second-order valence-electron chi connectivity index (χ2n) is 4.07. The molecule has 0 atom stereocenters. The summed E-state index contributed by atoms with van der Waals surface area (Å²) in [7, 11) is 0. The van der Waals surface area contributed by atoms with Gasteiger partial charge in [-0.25, -0.2) is 4.79 Å². The van der Waals surface area contributed by atoms with E-state index in [2.05, 4.69) is 0 Å². The number of carboxylic acids is 1. The molecule has 3 nitrogen and oxygen atoms in total. The van der Waals surface area contributed by atoms with Gasteiger partial charge in [0.05, 0.1) is 10.0 Å². The van der Waals surface area contributed by atoms with Gasteiger partial charge in [0, 0.05) is 10.4 Å². The lowest BCUT2D eigenvalue weighted by Crippen LogP contribution is -2.00. The minimum absolute atomic E-state index is 0.180. The first kappa shape index (κ1) is 15.2. The van der Waals surface area contributed by atoms with Gasteiger partial charge >= 0.3 is 5.97 Å². The monoisotopic (exact) mass is 330 g/mol. The van der Waals surface area contributed by atoms with Crippen molar-refractivity contribution in [3.8, 4) is 5.75 Å². The largest absolute Gasteiger partial charge is 0.487 e. The van der Waals surface area contributed by atoms with Gasteiger partial charge in [-0.05, 0) is 18.6 Å². The topological polar surface area (TPSA) is 46.5 Å². The standard InChI is InChI=1S/C14H12Cl2O3S/c1-2-9-6-11(13(20-9)14(17)18)19-7-8-4-3-5-10(15)12(8)16/h3-6H,2,7H2,1H3,(H,17,18). The molecule has 2 rings (SSSR count). The fourth-order valence-corrected chi connectivity index (χ4v) is 2.92. The van der Waals surface area contributed by atoms with Gasteiger partial charge in [0.1, 0.15) is 12.4 Å². The molecule has 6 heteroatoms. The Morgan fingerprint density at radius 2 is 2.15 bits per heavy atom. The van der Waals surface area contributed by atoms with Crippen molar-refractivity contribution >= 4 is 40.5 Å². The number of thiophene rings is 1. The highest BCUT2D eigenvalue weighted by Gasteiger charge is 2.16. The Morgan fingerprint density at radius 1 is 1.40 bits per heavy atom. The summed E-state index contributed by atoms with van der Waals surface area (Å²) < 4.78 is 5.59. The van der Waals surface area contributed by atoms with Crippen LogP contribution >= 0.6 is 34.5 Å². The molecule has 1 aromatic heterocycles. The van der Waals surface area contributed by atoms with E-state index in [4.69, 9.17) is 33.0 Å². The maximum absolute atomic E-state index is 11.2. The van der Waals surface area contributed by atoms with Gasteiger partial charge in [0.25, 0.3) is 0 Å². The maximum Gasteiger partial charge on any atom is 0.349 e. The Hall–Kier alpha value is -1.23. The minimum atomic E-state index is -0.984. The average Bonchev–Trinajstić information content (AvgIpc) is 2.84. The number of carbonyl (C=O) groups is 1. The highest BCUT2D eigenvalue weighted by atomic mass is 35.5. The van der Waals surface area contributed by atoms with Crippen LogP contribution in [0, 0.1) is 0 Å². The number of benzene rings is 1. The zero-order valence-corrected chi connectivity index (χ0v) is 13.0. The molecule has 0 spiro atoms. The Kier molecular flexibility index (Phi) is 4.91. The summed E-state index contributed by atoms with van der Waals surface area (Å²) in [5.41, 5.74) is 0.722. The zero-order chi connectivity index (χ0) is 14.7. The predicted molar refractivity (Wildman–Crippen MR) is 81.5 cm³/mol. The van der Waals surface area contributed by atoms with E-state index in [1.54, 1.807) is 24.3 Å². The first-order chi connectivity index (χ1) is 9.52. The number of ether oxygens (including phenoxy) is 1. The van der Waals surface area contributed by atoms with Crippen molar-refractivity contribution in [2.75, 3.05) is 0 Å². The van der Waals surface area contributed by atoms with Gasteiger partial charge in [0.2, 0.25) is 0 Å². The van der Waals surface area contributed by atoms with Crippen LogP contribution in [-0.4, -0.2) is 11.1 Å². The Morgan fingerprint density at radius 3 is 2.80 bits per heavy atom. The quantitative estimate of drug-likeness (QED) is 0.848. The van der Waals surface area contributed by atoms with Gasteiger partial charge in [-0.1, -0.05) is 42.3 Å². The summed E-state index contributed by atoms with van der Waals surface area (Å²) in [6.07, 6.45) is 0.770. The van der Waals surface area contributed by atoms with Gasteiger partial charge in [-0.15, -0.1) is 11.3 Å². The van der Waals surface area contributed by atoms with Crippen LogP contribution in [0.1, 0.15) is 27.0 Å². The summed E-state index contributed by atoms with van der Waals surface area (Å²) >= 11 is 13.2. The molecule has 0 aliphatic heterocycles. The van der Waals surface area contributed by atoms with Crippen LogP contribution in [0.5, 0.6) is 5.75 Å². The Bertz CT molecular complexity index is 637. The fourth-order valence-electron chi connectivity index (χ4n) is 1.67. The van der Waals surface area contributed by atoms with E-state index in [9.17, 15) is 4.79 Å². The molecule has 0 aliphatic carbocycles. The van der Waals surface area contributed by atoms with E-state index in [0.29, 0.717) is 15.8 Å². The highest BCUT2D eigenvalue weighted by Crippen LogP contribution is 2.32. The number of rotatable bonds is 5. The maximum atomic E-state index is 11.2. The number of aromatic carboxylic acids is 1. The second kappa shape index (κ2) is 6.48. The average molecular weight is 331 g/mol. The third kappa shape index (κ3) is 3.26. The summed E-state index contributed by atoms with van der Waals surface area (Å²) in [5.74, 6) is -0.614. The predicted octanol–water partition coefficient (Wildman–Crippen LogP) is 4.89. The van der Waals surface area contributed by atoms with Crippen LogP contribution in [0.15, 0.2) is 24.3 Å². The van der Waals surface area contributed by atoms with E-state index in [1.165, 1.54) is 11.3 Å². The number of hydrogen-bond donors (Lipinski definition) is 1. The molecule has 1 N–H and O–H groups in total. The van der Waals surface area contributed by atoms with E-state index < -0.39 is 5.97 Å². The summed E-state index contributed by atoms with van der Waals surface area (Å²) in [6, 6.07) is 7.01. The molecule has 20 heavy (non-hydrogen) atoms. The Balaban J connectivity index is 2.20. The smallest absolute Gasteiger partial charge is 0.349 e. The molecule has 0 saturated carbocycles. The van der Waals surface area contributed by atoms with Crippen molar-refractivity contribution in [2.45, 2.75) is 20.0 Å². The van der Waals surface area contributed by atoms with Crippen molar-refractivity contribution in [2.24, 2.45) is 0 Å². The number of halogens is 2. The van der Waals surface area contributed by atoms with Crippen LogP contribution < -0.4 is 4.74 Å². The van der Waals surface area contributed by atoms with E-state index in [1.807, 2.05) is 6.92 Å². The molecule has 106 valence electrons. The molecule has 0 amide bonds. The molecule has 0 fully saturated rings. The molecule has 1 aromatic carbocycles. The third-order valence-electron chi connectivity index (χ3n) is 2.71. The second-order valence-corrected chi connectivity index (χ2v) is 5.99. The zero-order valence-electron chi connectivity index (χ0n) is 10.7. The van der Waals surface area contributed by atoms with Crippen molar-refractivity contribution in [1.82, 2.24) is 0 Å². The Labute approximate surface area is 130 Å². The molecule has 0 saturated heterocycles. The van der Waals surface area contributed by atoms with Gasteiger partial charge in [-0.2, -0.15) is 0 Å². The third-order valence-corrected chi connectivity index (χ3v) is 4.81. The number of hydrogen-bond acceptors (Lipinski definition) is 3. The van der Waals surface area contributed by atoms with Crippen LogP contribution in [0.3, 0.4) is 0 Å². The van der Waals surface area contributed by atoms with Crippen LogP contribution in [0.2, 0.25) is 10.0 Å². The summed E-state index contributed by atoms with van der Waals surface area (Å²) in [6.45, 7) is 2.15. The van der Waals surface area contributed by atoms with E-state index in [-0.39, 0.29) is 11.5 Å². The number of carboxylic acid groups (broad SMARTS) is 1. The lowest BCUT2D eigenvalue weighted by atomic mass is 10.2. The lowest BCUT2D eigenvalue weighted by Gasteiger charge is -2.08. The van der Waals surface area contributed by atoms with Crippen molar-refractivity contribution in [3.63, 3.8) is 0 Å². The van der Waals surface area contributed by atoms with Crippen LogP contribution in [-0.2, 0) is 13.0 Å². The normalized spacial score (nSPS) is 10.6. The molecule has 0 unspecified atom stereocenters. The van der Waals surface area contributed by atoms with Crippen molar-refractivity contribution in [3.05, 3.63) is 49.6 Å². The molecule has 2 aromatic rings.